The van der Waals surface area contributed by atoms with Crippen molar-refractivity contribution in [3.05, 3.63) is 54.6 Å². The molecule has 6 heteroatoms. The first-order valence-corrected chi connectivity index (χ1v) is 7.54. The molecular weight excluding hydrogens is 308 g/mol. The van der Waals surface area contributed by atoms with Crippen LogP contribution >= 0.6 is 11.8 Å². The van der Waals surface area contributed by atoms with Crippen LogP contribution in [0.1, 0.15) is 6.42 Å². The van der Waals surface area contributed by atoms with Crippen molar-refractivity contribution in [1.29, 1.82) is 0 Å². The molecular formula is C16H15F2NO2S. The molecule has 0 saturated carbocycles. The highest BCUT2D eigenvalue weighted by molar-refractivity contribution is 7.99. The Labute approximate surface area is 131 Å². The molecule has 0 aromatic heterocycles. The number of nitrogens with one attached hydrogen (secondary N) is 1. The van der Waals surface area contributed by atoms with E-state index in [1.165, 1.54) is 0 Å². The molecule has 0 bridgehead atoms. The van der Waals surface area contributed by atoms with Gasteiger partial charge in [-0.25, -0.2) is 0 Å². The molecule has 22 heavy (non-hydrogen) atoms. The Bertz CT molecular complexity index is 591. The van der Waals surface area contributed by atoms with Gasteiger partial charge in [-0.05, 0) is 36.4 Å². The molecule has 0 aliphatic heterocycles. The fourth-order valence-electron chi connectivity index (χ4n) is 1.72. The first-order valence-electron chi connectivity index (χ1n) is 6.66. The number of thioether (sulfide) groups is 1. The number of hydrogen-bond acceptors (Lipinski definition) is 3. The topological polar surface area (TPSA) is 38.3 Å². The van der Waals surface area contributed by atoms with Crippen LogP contribution in [-0.2, 0) is 4.79 Å². The highest BCUT2D eigenvalue weighted by Gasteiger charge is 2.06. The molecule has 2 aromatic carbocycles. The Kier molecular flexibility index (Phi) is 6.21. The zero-order chi connectivity index (χ0) is 15.8. The maximum Gasteiger partial charge on any atom is 0.288 e. The van der Waals surface area contributed by atoms with Crippen molar-refractivity contribution in [3.8, 4) is 5.75 Å². The average Bonchev–Trinajstić information content (AvgIpc) is 2.50. The molecule has 2 aromatic rings. The summed E-state index contributed by atoms with van der Waals surface area (Å²) in [5.41, 5.74) is 0.573. The molecule has 2 rings (SSSR count). The fourth-order valence-corrected chi connectivity index (χ4v) is 2.22. The minimum atomic E-state index is -2.45. The van der Waals surface area contributed by atoms with Crippen molar-refractivity contribution in [2.45, 2.75) is 17.1 Å². The van der Waals surface area contributed by atoms with E-state index in [2.05, 4.69) is 5.32 Å². The summed E-state index contributed by atoms with van der Waals surface area (Å²) in [7, 11) is 0. The molecule has 0 fully saturated rings. The first kappa shape index (κ1) is 16.3. The second kappa shape index (κ2) is 8.38. The Morgan fingerprint density at radius 3 is 2.41 bits per heavy atom. The van der Waals surface area contributed by atoms with Crippen molar-refractivity contribution >= 4 is 23.4 Å². The van der Waals surface area contributed by atoms with Crippen molar-refractivity contribution < 1.29 is 18.3 Å². The number of ether oxygens (including phenoxy) is 1. The van der Waals surface area contributed by atoms with Gasteiger partial charge < -0.3 is 10.1 Å². The van der Waals surface area contributed by atoms with E-state index >= 15 is 0 Å². The first-order chi connectivity index (χ1) is 10.6. The third-order valence-corrected chi connectivity index (χ3v) is 3.43. The van der Waals surface area contributed by atoms with E-state index in [-0.39, 0.29) is 18.9 Å². The van der Waals surface area contributed by atoms with E-state index in [1.54, 1.807) is 24.3 Å². The van der Waals surface area contributed by atoms with Gasteiger partial charge in [-0.1, -0.05) is 30.0 Å². The Hall–Kier alpha value is -2.08. The van der Waals surface area contributed by atoms with Crippen LogP contribution in [0.5, 0.6) is 5.75 Å². The van der Waals surface area contributed by atoms with E-state index in [4.69, 9.17) is 4.74 Å². The second-order valence-electron chi connectivity index (χ2n) is 4.36. The Morgan fingerprint density at radius 1 is 1.09 bits per heavy atom. The maximum absolute atomic E-state index is 12.2. The van der Waals surface area contributed by atoms with Gasteiger partial charge in [-0.2, -0.15) is 8.78 Å². The van der Waals surface area contributed by atoms with Crippen LogP contribution in [0.15, 0.2) is 59.5 Å². The highest BCUT2D eigenvalue weighted by atomic mass is 32.2. The van der Waals surface area contributed by atoms with Gasteiger partial charge in [0.25, 0.3) is 5.76 Å². The zero-order valence-corrected chi connectivity index (χ0v) is 12.5. The van der Waals surface area contributed by atoms with Crippen LogP contribution in [0.4, 0.5) is 14.5 Å². The number of halogens is 2. The van der Waals surface area contributed by atoms with E-state index in [9.17, 15) is 13.6 Å². The maximum atomic E-state index is 12.2. The molecule has 0 atom stereocenters. The second-order valence-corrected chi connectivity index (χ2v) is 5.43. The molecule has 0 aliphatic rings. The summed E-state index contributed by atoms with van der Waals surface area (Å²) in [4.78, 5) is 12.2. The quantitative estimate of drug-likeness (QED) is 0.767. The minimum absolute atomic E-state index is 0.190. The summed E-state index contributed by atoms with van der Waals surface area (Å²) in [5, 5.41) is 2.69. The number of carbonyl (C=O) groups excluding carboxylic acids is 1. The molecule has 0 aliphatic carbocycles. The van der Waals surface area contributed by atoms with Crippen LogP contribution in [0.2, 0.25) is 0 Å². The zero-order valence-electron chi connectivity index (χ0n) is 11.7. The SMILES string of the molecule is O=C(CCOc1ccccc1)Nc1ccc(SC(F)F)cc1. The predicted octanol–water partition coefficient (Wildman–Crippen LogP) is 4.41. The van der Waals surface area contributed by atoms with Crippen LogP contribution in [-0.4, -0.2) is 18.3 Å². The van der Waals surface area contributed by atoms with Crippen LogP contribution < -0.4 is 10.1 Å². The molecule has 3 nitrogen and oxygen atoms in total. The number of hydrogen-bond donors (Lipinski definition) is 1. The van der Waals surface area contributed by atoms with Gasteiger partial charge in [-0.15, -0.1) is 0 Å². The van der Waals surface area contributed by atoms with Crippen LogP contribution in [0, 0.1) is 0 Å². The lowest BCUT2D eigenvalue weighted by Crippen LogP contribution is -2.15. The average molecular weight is 323 g/mol. The van der Waals surface area contributed by atoms with Gasteiger partial charge in [0, 0.05) is 10.6 Å². The number of rotatable bonds is 7. The summed E-state index contributed by atoms with van der Waals surface area (Å²) in [6.07, 6.45) is 0.211. The number of amides is 1. The Morgan fingerprint density at radius 2 is 1.77 bits per heavy atom. The summed E-state index contributed by atoms with van der Waals surface area (Å²) < 4.78 is 29.8. The number of alkyl halides is 2. The van der Waals surface area contributed by atoms with E-state index in [1.807, 2.05) is 30.3 Å². The van der Waals surface area contributed by atoms with Gasteiger partial charge in [0.15, 0.2) is 0 Å². The smallest absolute Gasteiger partial charge is 0.288 e. The van der Waals surface area contributed by atoms with Crippen LogP contribution in [0.3, 0.4) is 0 Å². The van der Waals surface area contributed by atoms with Gasteiger partial charge in [-0.3, -0.25) is 4.79 Å². The van der Waals surface area contributed by atoms with E-state index in [0.29, 0.717) is 28.1 Å². The predicted molar refractivity (Wildman–Crippen MR) is 83.5 cm³/mol. The van der Waals surface area contributed by atoms with Gasteiger partial charge >= 0.3 is 0 Å². The number of benzene rings is 2. The normalized spacial score (nSPS) is 10.5. The van der Waals surface area contributed by atoms with E-state index in [0.717, 1.165) is 0 Å². The lowest BCUT2D eigenvalue weighted by Gasteiger charge is -2.08. The lowest BCUT2D eigenvalue weighted by atomic mass is 10.3. The molecule has 1 N–H and O–H groups in total. The summed E-state index contributed by atoms with van der Waals surface area (Å²) in [6, 6.07) is 15.5. The Balaban J connectivity index is 1.74. The van der Waals surface area contributed by atoms with Gasteiger partial charge in [0.2, 0.25) is 5.91 Å². The largest absolute Gasteiger partial charge is 0.493 e. The molecule has 0 heterocycles. The van der Waals surface area contributed by atoms with Crippen molar-refractivity contribution in [1.82, 2.24) is 0 Å². The standard InChI is InChI=1S/C16H15F2NO2S/c17-16(18)22-14-8-6-12(7-9-14)19-15(20)10-11-21-13-4-2-1-3-5-13/h1-9,16H,10-11H2,(H,19,20). The molecule has 1 amide bonds. The van der Waals surface area contributed by atoms with Crippen molar-refractivity contribution in [2.24, 2.45) is 0 Å². The monoisotopic (exact) mass is 323 g/mol. The highest BCUT2D eigenvalue weighted by Crippen LogP contribution is 2.26. The minimum Gasteiger partial charge on any atom is -0.493 e. The molecule has 0 saturated heterocycles. The van der Waals surface area contributed by atoms with Gasteiger partial charge in [0.05, 0.1) is 13.0 Å². The van der Waals surface area contributed by atoms with Crippen LogP contribution in [0.25, 0.3) is 0 Å². The molecule has 0 radical (unpaired) electrons. The van der Waals surface area contributed by atoms with Crippen molar-refractivity contribution in [2.75, 3.05) is 11.9 Å². The third kappa shape index (κ3) is 5.73. The summed E-state index contributed by atoms with van der Waals surface area (Å²) in [6.45, 7) is 0.273. The molecule has 0 unspecified atom stereocenters. The summed E-state index contributed by atoms with van der Waals surface area (Å²) in [5.74, 6) is -1.93. The third-order valence-electron chi connectivity index (χ3n) is 2.70. The fraction of sp³-hybridized carbons (Fsp3) is 0.188. The van der Waals surface area contributed by atoms with E-state index < -0.39 is 5.76 Å². The molecule has 116 valence electrons. The molecule has 0 spiro atoms. The number of para-hydroxylation sites is 1. The lowest BCUT2D eigenvalue weighted by molar-refractivity contribution is -0.116. The van der Waals surface area contributed by atoms with Crippen molar-refractivity contribution in [3.63, 3.8) is 0 Å². The van der Waals surface area contributed by atoms with Gasteiger partial charge in [0.1, 0.15) is 5.75 Å². The number of carbonyl (C=O) groups is 1. The summed E-state index contributed by atoms with van der Waals surface area (Å²) >= 11 is 0.471. The number of anilines is 1.